The number of piperazine rings is 1. The maximum absolute atomic E-state index is 14.7. The number of halogens is 1. The van der Waals surface area contributed by atoms with Gasteiger partial charge in [-0.2, -0.15) is 0 Å². The van der Waals surface area contributed by atoms with Crippen LogP contribution in [-0.4, -0.2) is 258 Å². The smallest absolute Gasteiger partial charge is 0.415 e. The van der Waals surface area contributed by atoms with Gasteiger partial charge in [0.05, 0.1) is 63.6 Å². The Kier molecular flexibility index (Phi) is 29.6. The van der Waals surface area contributed by atoms with Crippen molar-refractivity contribution in [3.05, 3.63) is 149 Å². The lowest BCUT2D eigenvalue weighted by Crippen LogP contribution is -2.54. The number of urea groups is 1. The molecule has 7 aromatic rings. The minimum absolute atomic E-state index is 0.0144. The van der Waals surface area contributed by atoms with Crippen LogP contribution >= 0.6 is 11.6 Å². The van der Waals surface area contributed by atoms with Gasteiger partial charge in [-0.25, -0.2) is 38.4 Å². The van der Waals surface area contributed by atoms with E-state index in [0.29, 0.717) is 63.8 Å². The van der Waals surface area contributed by atoms with Gasteiger partial charge in [-0.15, -0.1) is 16.7 Å². The molecule has 38 heteroatoms. The van der Waals surface area contributed by atoms with Crippen molar-refractivity contribution in [2.75, 3.05) is 141 Å². The Hall–Kier alpha value is -12.5. The third-order valence-electron chi connectivity index (χ3n) is 18.6. The van der Waals surface area contributed by atoms with Gasteiger partial charge in [0.2, 0.25) is 11.8 Å². The van der Waals surface area contributed by atoms with Crippen molar-refractivity contribution in [1.29, 1.82) is 0 Å². The molecule has 3 aliphatic rings. The van der Waals surface area contributed by atoms with Crippen LogP contribution in [0.2, 0.25) is 0 Å². The van der Waals surface area contributed by atoms with Crippen LogP contribution in [0, 0.1) is 12.8 Å². The SMILES string of the molecule is Cc1cccc2c(OC(=O)N(C)CCN(C)C(=O)OCc3ccc(NC(=O)[C@H](CCCNC(N)=O)NC(=O)[C@@H](NC(=O)OCCOCCn4cc(CNC(=O)OCCOCCN5C(=O)C=CC5=O)nn4)C(C)C)cc3)cc3c(c12)[C@H](CCl)CN3C(=O)c1cn2cc(NC(=O)c3ccc(OC(=O)N4CCN(C)CC4)cc3)ccc2n1. The Bertz CT molecular complexity index is 4670. The molecule has 0 radical (unpaired) electrons. The fraction of sp³-hybridized carbons (Fsp3) is 0.408. The number of aryl methyl sites for hydroxylation is 1. The van der Waals surface area contributed by atoms with Gasteiger partial charge in [-0.3, -0.25) is 33.7 Å². The van der Waals surface area contributed by atoms with E-state index in [1.807, 2.05) is 32.2 Å². The fourth-order valence-corrected chi connectivity index (χ4v) is 12.6. The molecule has 0 spiro atoms. The van der Waals surface area contributed by atoms with Crippen molar-refractivity contribution < 1.29 is 90.7 Å². The third-order valence-corrected chi connectivity index (χ3v) is 19.0. The second-order valence-electron chi connectivity index (χ2n) is 27.3. The summed E-state index contributed by atoms with van der Waals surface area (Å²) >= 11 is 6.66. The summed E-state index contributed by atoms with van der Waals surface area (Å²) in [6.45, 7) is 8.43. The summed E-state index contributed by atoms with van der Waals surface area (Å²) in [7, 11) is 5.01. The number of anilines is 3. The van der Waals surface area contributed by atoms with Crippen LogP contribution in [0.1, 0.15) is 75.8 Å². The number of pyridine rings is 1. The molecule has 3 aliphatic heterocycles. The van der Waals surface area contributed by atoms with E-state index < -0.39 is 89.9 Å². The van der Waals surface area contributed by atoms with Crippen LogP contribution < -0.4 is 52.0 Å². The summed E-state index contributed by atoms with van der Waals surface area (Å²) in [5.41, 5.74) is 9.99. The molecule has 0 bridgehead atoms. The Morgan fingerprint density at radius 3 is 2.09 bits per heavy atom. The first-order chi connectivity index (χ1) is 54.8. The van der Waals surface area contributed by atoms with E-state index in [0.717, 1.165) is 34.5 Å². The molecule has 3 atom stereocenters. The molecule has 8 N–H and O–H groups in total. The molecule has 0 aliphatic carbocycles. The molecule has 4 aromatic carbocycles. The Morgan fingerprint density at radius 2 is 1.39 bits per heavy atom. The highest BCUT2D eigenvalue weighted by atomic mass is 35.5. The second kappa shape index (κ2) is 40.1. The van der Waals surface area contributed by atoms with Crippen molar-refractivity contribution in [3.8, 4) is 11.5 Å². The number of carbonyl (C=O) groups is 12. The highest BCUT2D eigenvalue weighted by Crippen LogP contribution is 2.47. The lowest BCUT2D eigenvalue weighted by Gasteiger charge is -2.31. The minimum Gasteiger partial charge on any atom is -0.447 e. The quantitative estimate of drug-likeness (QED) is 0.0110. The summed E-state index contributed by atoms with van der Waals surface area (Å²) < 4.78 is 41.6. The van der Waals surface area contributed by atoms with Gasteiger partial charge in [0.25, 0.3) is 23.6 Å². The molecular weight excluding hydrogens is 1500 g/mol. The molecule has 13 amide bonds. The van der Waals surface area contributed by atoms with Gasteiger partial charge in [-0.1, -0.05) is 49.4 Å². The van der Waals surface area contributed by atoms with Crippen molar-refractivity contribution in [3.63, 3.8) is 0 Å². The first-order valence-electron chi connectivity index (χ1n) is 36.7. The van der Waals surface area contributed by atoms with E-state index in [-0.39, 0.29) is 128 Å². The van der Waals surface area contributed by atoms with Crippen LogP contribution in [-0.2, 0) is 62.6 Å². The number of primary amides is 1. The maximum atomic E-state index is 14.7. The number of imide groups is 1. The zero-order valence-corrected chi connectivity index (χ0v) is 64.5. The first kappa shape index (κ1) is 84.0. The van der Waals surface area contributed by atoms with Gasteiger partial charge in [0.1, 0.15) is 60.4 Å². The van der Waals surface area contributed by atoms with E-state index in [4.69, 9.17) is 50.5 Å². The zero-order valence-electron chi connectivity index (χ0n) is 63.8. The number of amides is 13. The number of nitrogens with two attached hydrogens (primary N) is 1. The second-order valence-corrected chi connectivity index (χ2v) is 27.6. The normalized spacial score (nSPS) is 14.4. The fourth-order valence-electron chi connectivity index (χ4n) is 12.3. The summed E-state index contributed by atoms with van der Waals surface area (Å²) in [6, 6.07) is 20.1. The Balaban J connectivity index is 0.649. The van der Waals surface area contributed by atoms with Crippen molar-refractivity contribution in [1.82, 2.24) is 70.1 Å². The van der Waals surface area contributed by atoms with Gasteiger partial charge in [0, 0.05) is 126 Å². The van der Waals surface area contributed by atoms with E-state index in [9.17, 15) is 57.5 Å². The number of alkyl carbamates (subject to hydrolysis) is 2. The van der Waals surface area contributed by atoms with Crippen molar-refractivity contribution in [2.45, 2.75) is 71.3 Å². The lowest BCUT2D eigenvalue weighted by atomic mass is 9.92. The monoisotopic (exact) mass is 1590 g/mol. The number of aromatic nitrogens is 5. The zero-order chi connectivity index (χ0) is 81.5. The predicted molar refractivity (Wildman–Crippen MR) is 413 cm³/mol. The van der Waals surface area contributed by atoms with Gasteiger partial charge in [-0.05, 0) is 103 Å². The number of rotatable bonds is 35. The van der Waals surface area contributed by atoms with Crippen LogP contribution in [0.4, 0.5) is 45.8 Å². The number of ether oxygens (including phenoxy) is 7. The number of imidazole rings is 1. The number of carbonyl (C=O) groups excluding carboxylic acids is 12. The largest absolute Gasteiger partial charge is 0.447 e. The number of nitrogens with one attached hydrogen (secondary N) is 6. The maximum Gasteiger partial charge on any atom is 0.415 e. The van der Waals surface area contributed by atoms with E-state index >= 15 is 0 Å². The van der Waals surface area contributed by atoms with Gasteiger partial charge in [0.15, 0.2) is 0 Å². The Labute approximate surface area is 659 Å². The number of hydrogen-bond donors (Lipinski definition) is 7. The first-order valence-corrected chi connectivity index (χ1v) is 37.3. The average Bonchev–Trinajstić information content (AvgIpc) is 1.51. The molecular formula is C76H91ClN18O19. The van der Waals surface area contributed by atoms with Crippen LogP contribution in [0.5, 0.6) is 11.5 Å². The van der Waals surface area contributed by atoms with E-state index in [2.05, 4.69) is 52.1 Å². The molecule has 114 heavy (non-hydrogen) atoms. The van der Waals surface area contributed by atoms with E-state index in [1.165, 1.54) is 40.7 Å². The molecule has 0 saturated carbocycles. The molecule has 6 heterocycles. The van der Waals surface area contributed by atoms with E-state index in [1.54, 1.807) is 113 Å². The highest BCUT2D eigenvalue weighted by molar-refractivity contribution is 6.19. The predicted octanol–water partition coefficient (Wildman–Crippen LogP) is 5.58. The van der Waals surface area contributed by atoms with Crippen molar-refractivity contribution in [2.24, 2.45) is 11.7 Å². The topological polar surface area (TPSA) is 435 Å². The number of hydrogen-bond acceptors (Lipinski definition) is 23. The molecule has 0 unspecified atom stereocenters. The van der Waals surface area contributed by atoms with Crippen LogP contribution in [0.25, 0.3) is 16.4 Å². The summed E-state index contributed by atoms with van der Waals surface area (Å²) in [6.07, 6.45) is 3.85. The number of likely N-dealkylation sites (N-methyl/N-ethyl adjacent to an activating group) is 3. The summed E-state index contributed by atoms with van der Waals surface area (Å²) in [5.74, 6) is -3.13. The molecule has 1 saturated heterocycles. The number of fused-ring (bicyclic) bond motifs is 4. The highest BCUT2D eigenvalue weighted by Gasteiger charge is 2.38. The molecule has 37 nitrogen and oxygen atoms in total. The van der Waals surface area contributed by atoms with Gasteiger partial charge >= 0.3 is 36.5 Å². The molecule has 1 fully saturated rings. The lowest BCUT2D eigenvalue weighted by molar-refractivity contribution is -0.137. The standard InChI is InChI=1S/C76H91ClN18O19/c1-47(2)66(85-73(104)111-38-36-108-33-31-93-44-54(86-87-93)41-80-72(103)110-37-35-109-34-32-94-62(96)22-23-63(94)97)69(100)84-57(11-8-24-79-71(78)102)68(99)81-52-16-12-49(13-17-52)46-112-74(105)89(5)27-28-90(6)75(106)114-60-39-59-65(64-48(3)9-7-10-56(60)64)51(40-77)42-95(59)70(101)58-45-92-43-53(18-21-61(92)83-58)82-67(98)50-14-19-55(20-15-50)113-76(107)91-29-25-88(4)26-30-91/h7,9-10,12-23,39,43-45,47,51,57,66H,8,11,24-38,40-42,46H2,1-6H3,(H,80,103)(H,81,99)(H,82,98)(H,84,100)(H,85,104)(H3,78,79,102)/t51-,57+,66+/m1/s1. The minimum atomic E-state index is -1.16. The summed E-state index contributed by atoms with van der Waals surface area (Å²) in [5, 5.41) is 25.3. The average molecular weight is 1600 g/mol. The van der Waals surface area contributed by atoms with Crippen LogP contribution in [0.15, 0.2) is 116 Å². The summed E-state index contributed by atoms with van der Waals surface area (Å²) in [4.78, 5) is 169. The number of benzene rings is 4. The molecule has 10 rings (SSSR count). The van der Waals surface area contributed by atoms with Crippen LogP contribution in [0.3, 0.4) is 0 Å². The molecule has 3 aromatic heterocycles. The third kappa shape index (κ3) is 23.1. The van der Waals surface area contributed by atoms with Crippen molar-refractivity contribution >= 4 is 117 Å². The number of alkyl halides is 1. The molecule has 606 valence electrons. The number of nitrogens with zero attached hydrogens (tertiary/aromatic N) is 11. The Morgan fingerprint density at radius 1 is 0.711 bits per heavy atom. The van der Waals surface area contributed by atoms with Gasteiger partial charge < -0.3 is 99.7 Å².